The fourth-order valence-corrected chi connectivity index (χ4v) is 4.02. The first-order chi connectivity index (χ1) is 14.4. The van der Waals surface area contributed by atoms with Crippen LogP contribution in [0.3, 0.4) is 0 Å². The lowest BCUT2D eigenvalue weighted by atomic mass is 9.93. The molecule has 0 radical (unpaired) electrons. The molecule has 2 aromatic rings. The number of nitrogens with one attached hydrogen (secondary N) is 2. The van der Waals surface area contributed by atoms with E-state index >= 15 is 0 Å². The van der Waals surface area contributed by atoms with E-state index in [4.69, 9.17) is 0 Å². The van der Waals surface area contributed by atoms with E-state index in [-0.39, 0.29) is 16.8 Å². The average molecular weight is 465 g/mol. The fourth-order valence-electron chi connectivity index (χ4n) is 2.82. The van der Waals surface area contributed by atoms with Gasteiger partial charge in [-0.2, -0.15) is 21.9 Å². The molecule has 0 bridgehead atoms. The van der Waals surface area contributed by atoms with Crippen molar-refractivity contribution in [3.05, 3.63) is 58.5 Å². The highest BCUT2D eigenvalue weighted by atomic mass is 32.2. The predicted octanol–water partition coefficient (Wildman–Crippen LogP) is 1.78. The number of Topliss-reactive ketones (excluding diaryl/α,β-unsaturated/α-hetero) is 1. The van der Waals surface area contributed by atoms with Crippen LogP contribution in [-0.4, -0.2) is 43.3 Å². The molecule has 13 heteroatoms. The molecule has 162 valence electrons. The number of allylic oxidation sites excluding steroid dienone is 1. The molecule has 0 aliphatic heterocycles. The van der Waals surface area contributed by atoms with Gasteiger partial charge in [0.1, 0.15) is 4.91 Å². The monoisotopic (exact) mass is 465 g/mol. The van der Waals surface area contributed by atoms with E-state index in [0.717, 1.165) is 25.1 Å². The Morgan fingerprint density at radius 3 is 2.19 bits per heavy atom. The van der Waals surface area contributed by atoms with E-state index in [1.807, 2.05) is 0 Å². The number of rotatable bonds is 5. The number of hydrogen-bond donors (Lipinski definition) is 4. The number of amides is 1. The van der Waals surface area contributed by atoms with Gasteiger partial charge in [0.05, 0.1) is 21.8 Å². The molecule has 1 aliphatic carbocycles. The summed E-state index contributed by atoms with van der Waals surface area (Å²) in [5.74, 6) is -1.67. The van der Waals surface area contributed by atoms with Crippen LogP contribution in [0.5, 0.6) is 0 Å². The van der Waals surface area contributed by atoms with Gasteiger partial charge in [-0.15, -0.1) is 0 Å². The normalized spacial score (nSPS) is 15.3. The van der Waals surface area contributed by atoms with Crippen LogP contribution in [0.2, 0.25) is 0 Å². The molecular weight excluding hydrogens is 450 g/mol. The van der Waals surface area contributed by atoms with Crippen molar-refractivity contribution >= 4 is 55.1 Å². The molecule has 2 aromatic carbocycles. The molecule has 31 heavy (non-hydrogen) atoms. The molecule has 3 rings (SSSR count). The molecular formula is C18H15N3O8S2. The molecule has 0 fully saturated rings. The number of ketones is 1. The van der Waals surface area contributed by atoms with Gasteiger partial charge in [0, 0.05) is 6.92 Å². The summed E-state index contributed by atoms with van der Waals surface area (Å²) in [6.45, 7) is 1.10. The molecule has 1 aliphatic rings. The lowest BCUT2D eigenvalue weighted by Crippen LogP contribution is -2.28. The molecule has 1 amide bonds. The number of hydrogen-bond acceptors (Lipinski definition) is 8. The third-order valence-electron chi connectivity index (χ3n) is 4.06. The van der Waals surface area contributed by atoms with Crippen molar-refractivity contribution in [2.24, 2.45) is 5.10 Å². The first kappa shape index (κ1) is 22.3. The predicted molar refractivity (Wildman–Crippen MR) is 112 cm³/mol. The van der Waals surface area contributed by atoms with Crippen molar-refractivity contribution < 1.29 is 35.5 Å². The Morgan fingerprint density at radius 1 is 1.00 bits per heavy atom. The standard InChI is InChI=1S/C18H15N3O8S2/c1-10(22)19-14-9-13(30(24,25)26)7-11-8-15(31(27,28)29)17(18(23)16(11)14)21-20-12-5-3-2-4-6-12/h2-9,20H,1H3,(H,19,22)(H,24,25,26)(H,27,28,29)/b21-17-. The molecule has 0 aromatic heterocycles. The molecule has 0 unspecified atom stereocenters. The second-order valence-corrected chi connectivity index (χ2v) is 9.15. The molecule has 0 spiro atoms. The molecule has 0 atom stereocenters. The van der Waals surface area contributed by atoms with Crippen molar-refractivity contribution in [1.82, 2.24) is 0 Å². The minimum Gasteiger partial charge on any atom is -0.326 e. The number of anilines is 2. The molecule has 4 N–H and O–H groups in total. The van der Waals surface area contributed by atoms with Gasteiger partial charge < -0.3 is 5.32 Å². The lowest BCUT2D eigenvalue weighted by molar-refractivity contribution is -0.114. The number of hydrazone groups is 1. The van der Waals surface area contributed by atoms with Crippen LogP contribution in [-0.2, 0) is 25.0 Å². The first-order valence-corrected chi connectivity index (χ1v) is 11.3. The zero-order chi connectivity index (χ0) is 23.0. The maximum Gasteiger partial charge on any atom is 0.296 e. The minimum absolute atomic E-state index is 0.268. The van der Waals surface area contributed by atoms with Crippen LogP contribution in [0.4, 0.5) is 11.4 Å². The zero-order valence-electron chi connectivity index (χ0n) is 15.7. The van der Waals surface area contributed by atoms with Crippen molar-refractivity contribution in [1.29, 1.82) is 0 Å². The van der Waals surface area contributed by atoms with E-state index < -0.39 is 47.4 Å². The Kier molecular flexibility index (Phi) is 5.78. The maximum atomic E-state index is 13.1. The van der Waals surface area contributed by atoms with Crippen molar-refractivity contribution in [3.8, 4) is 0 Å². The molecule has 0 saturated carbocycles. The lowest BCUT2D eigenvalue weighted by Gasteiger charge is -2.20. The maximum absolute atomic E-state index is 13.1. The summed E-state index contributed by atoms with van der Waals surface area (Å²) in [6.07, 6.45) is 0.817. The number of carbonyl (C=O) groups is 2. The van der Waals surface area contributed by atoms with E-state index in [9.17, 15) is 35.5 Å². The first-order valence-electron chi connectivity index (χ1n) is 8.44. The number of nitrogens with zero attached hydrogens (tertiary/aromatic N) is 1. The number of benzene rings is 2. The number of fused-ring (bicyclic) bond motifs is 1. The summed E-state index contributed by atoms with van der Waals surface area (Å²) < 4.78 is 65.9. The van der Waals surface area contributed by atoms with Gasteiger partial charge in [0.25, 0.3) is 20.2 Å². The summed E-state index contributed by atoms with van der Waals surface area (Å²) in [4.78, 5) is 23.1. The SMILES string of the molecule is CC(=O)Nc1cc(S(=O)(=O)O)cc2c1C(=O)/C(=N\Nc1ccccc1)C(S(=O)(=O)O)=C2. The Bertz CT molecular complexity index is 1360. The highest BCUT2D eigenvalue weighted by molar-refractivity contribution is 7.91. The molecule has 11 nitrogen and oxygen atoms in total. The third kappa shape index (κ3) is 4.86. The van der Waals surface area contributed by atoms with E-state index in [0.29, 0.717) is 5.69 Å². The second-order valence-electron chi connectivity index (χ2n) is 6.34. The smallest absolute Gasteiger partial charge is 0.296 e. The Morgan fingerprint density at radius 2 is 1.65 bits per heavy atom. The van der Waals surface area contributed by atoms with Crippen LogP contribution in [0.15, 0.2) is 57.4 Å². The highest BCUT2D eigenvalue weighted by Crippen LogP contribution is 2.33. The fraction of sp³-hybridized carbons (Fsp3) is 0.0556. The van der Waals surface area contributed by atoms with Crippen LogP contribution in [0, 0.1) is 0 Å². The highest BCUT2D eigenvalue weighted by Gasteiger charge is 2.35. The van der Waals surface area contributed by atoms with Crippen LogP contribution < -0.4 is 10.7 Å². The van der Waals surface area contributed by atoms with Gasteiger partial charge in [-0.05, 0) is 35.9 Å². The van der Waals surface area contributed by atoms with E-state index in [1.54, 1.807) is 30.3 Å². The van der Waals surface area contributed by atoms with Crippen molar-refractivity contribution in [3.63, 3.8) is 0 Å². The topological polar surface area (TPSA) is 179 Å². The van der Waals surface area contributed by atoms with E-state index in [1.165, 1.54) is 0 Å². The largest absolute Gasteiger partial charge is 0.326 e. The summed E-state index contributed by atoms with van der Waals surface area (Å²) in [7, 11) is -9.74. The zero-order valence-corrected chi connectivity index (χ0v) is 17.4. The van der Waals surface area contributed by atoms with Gasteiger partial charge in [-0.3, -0.25) is 24.1 Å². The van der Waals surface area contributed by atoms with Gasteiger partial charge in [0.15, 0.2) is 5.71 Å². The summed E-state index contributed by atoms with van der Waals surface area (Å²) in [5, 5.41) is 6.07. The summed E-state index contributed by atoms with van der Waals surface area (Å²) >= 11 is 0. The Labute approximate surface area is 177 Å². The van der Waals surface area contributed by atoms with Crippen LogP contribution in [0.1, 0.15) is 22.8 Å². The minimum atomic E-state index is -4.97. The average Bonchev–Trinajstić information content (AvgIpc) is 2.65. The number of carbonyl (C=O) groups excluding carboxylic acids is 2. The van der Waals surface area contributed by atoms with Gasteiger partial charge in [0.2, 0.25) is 11.7 Å². The van der Waals surface area contributed by atoms with Gasteiger partial charge in [-0.1, -0.05) is 18.2 Å². The van der Waals surface area contributed by atoms with Crippen molar-refractivity contribution in [2.75, 3.05) is 10.7 Å². The quantitative estimate of drug-likeness (QED) is 0.378. The molecule has 0 saturated heterocycles. The Hall–Kier alpha value is -3.39. The van der Waals surface area contributed by atoms with Crippen LogP contribution >= 0.6 is 0 Å². The van der Waals surface area contributed by atoms with Crippen LogP contribution in [0.25, 0.3) is 6.08 Å². The summed E-state index contributed by atoms with van der Waals surface area (Å²) in [5.41, 5.74) is 1.39. The number of para-hydroxylation sites is 1. The van der Waals surface area contributed by atoms with Crippen molar-refractivity contribution in [2.45, 2.75) is 11.8 Å². The van der Waals surface area contributed by atoms with Gasteiger partial charge in [-0.25, -0.2) is 0 Å². The Balaban J connectivity index is 2.27. The third-order valence-corrected chi connectivity index (χ3v) is 5.76. The second kappa shape index (κ2) is 8.03. The van der Waals surface area contributed by atoms with Gasteiger partial charge >= 0.3 is 0 Å². The van der Waals surface area contributed by atoms with E-state index in [2.05, 4.69) is 15.8 Å². The molecule has 0 heterocycles. The summed E-state index contributed by atoms with van der Waals surface area (Å²) in [6, 6.07) is 9.89.